The predicted octanol–water partition coefficient (Wildman–Crippen LogP) is 5.03. The summed E-state index contributed by atoms with van der Waals surface area (Å²) >= 11 is 13.4. The van der Waals surface area contributed by atoms with Crippen molar-refractivity contribution in [2.75, 3.05) is 0 Å². The molecule has 4 rings (SSSR count). The maximum Gasteiger partial charge on any atom is 0.290 e. The van der Waals surface area contributed by atoms with Gasteiger partial charge in [0, 0.05) is 17.1 Å². The quantitative estimate of drug-likeness (QED) is 0.372. The summed E-state index contributed by atoms with van der Waals surface area (Å²) in [6, 6.07) is 8.77. The van der Waals surface area contributed by atoms with Gasteiger partial charge in [-0.25, -0.2) is 10.4 Å². The monoisotopic (exact) mass is 418 g/mol. The Morgan fingerprint density at radius 1 is 1.30 bits per heavy atom. The van der Waals surface area contributed by atoms with Crippen molar-refractivity contribution >= 4 is 51.6 Å². The Bertz CT molecular complexity index is 1180. The van der Waals surface area contributed by atoms with Crippen LogP contribution < -0.4 is 5.43 Å². The molecule has 0 saturated heterocycles. The maximum absolute atomic E-state index is 12.4. The van der Waals surface area contributed by atoms with Crippen molar-refractivity contribution in [1.82, 2.24) is 14.8 Å². The fraction of sp³-hybridized carbons (Fsp3) is 0.0556. The van der Waals surface area contributed by atoms with E-state index in [1.54, 1.807) is 41.8 Å². The van der Waals surface area contributed by atoms with Crippen LogP contribution in [0.15, 0.2) is 51.4 Å². The van der Waals surface area contributed by atoms with Crippen molar-refractivity contribution in [3.63, 3.8) is 0 Å². The second-order valence-electron chi connectivity index (χ2n) is 5.63. The number of carbonyl (C=O) groups is 1. The zero-order valence-corrected chi connectivity index (χ0v) is 16.3. The Hall–Kier alpha value is -2.61. The van der Waals surface area contributed by atoms with Crippen LogP contribution in [0.2, 0.25) is 10.0 Å². The third kappa shape index (κ3) is 3.49. The number of nitrogens with one attached hydrogen (secondary N) is 1. The highest BCUT2D eigenvalue weighted by molar-refractivity contribution is 7.15. The summed E-state index contributed by atoms with van der Waals surface area (Å²) in [6.45, 7) is 1.79. The largest absolute Gasteiger partial charge is 0.455 e. The standard InChI is InChI=1S/C18H12Cl2N4O2S/c1-10-16(24-6-7-27-18(24)22-10)17(25)23-21-9-12-3-5-15(26-12)11-2-4-13(19)14(20)8-11/h2-9H,1H3,(H,23,25)/b21-9+. The smallest absolute Gasteiger partial charge is 0.290 e. The van der Waals surface area contributed by atoms with Gasteiger partial charge in [0.05, 0.1) is 22.0 Å². The lowest BCUT2D eigenvalue weighted by molar-refractivity contribution is 0.0948. The first-order chi connectivity index (χ1) is 13.0. The molecule has 0 radical (unpaired) electrons. The van der Waals surface area contributed by atoms with Crippen LogP contribution in [0.3, 0.4) is 0 Å². The molecule has 1 aromatic carbocycles. The Morgan fingerprint density at radius 3 is 2.96 bits per heavy atom. The van der Waals surface area contributed by atoms with Crippen molar-refractivity contribution in [1.29, 1.82) is 0 Å². The zero-order valence-electron chi connectivity index (χ0n) is 13.9. The van der Waals surface area contributed by atoms with Crippen LogP contribution in [0.1, 0.15) is 21.9 Å². The molecule has 0 aliphatic heterocycles. The molecule has 0 saturated carbocycles. The summed E-state index contributed by atoms with van der Waals surface area (Å²) in [7, 11) is 0. The molecule has 1 N–H and O–H groups in total. The lowest BCUT2D eigenvalue weighted by atomic mass is 10.2. The fourth-order valence-electron chi connectivity index (χ4n) is 2.60. The van der Waals surface area contributed by atoms with Crippen LogP contribution in [0.25, 0.3) is 16.3 Å². The highest BCUT2D eigenvalue weighted by atomic mass is 35.5. The van der Waals surface area contributed by atoms with Gasteiger partial charge in [0.25, 0.3) is 5.91 Å². The summed E-state index contributed by atoms with van der Waals surface area (Å²) in [6.07, 6.45) is 3.23. The summed E-state index contributed by atoms with van der Waals surface area (Å²) in [5, 5.41) is 6.76. The number of hydrogen-bond acceptors (Lipinski definition) is 5. The highest BCUT2D eigenvalue weighted by Gasteiger charge is 2.16. The summed E-state index contributed by atoms with van der Waals surface area (Å²) < 4.78 is 7.44. The number of aromatic nitrogens is 2. The number of imidazole rings is 1. The minimum Gasteiger partial charge on any atom is -0.455 e. The molecule has 6 nitrogen and oxygen atoms in total. The number of amides is 1. The molecule has 3 aromatic heterocycles. The molecule has 0 bridgehead atoms. The van der Waals surface area contributed by atoms with Gasteiger partial charge in [-0.3, -0.25) is 9.20 Å². The Kier molecular flexibility index (Phi) is 4.73. The molecule has 0 aliphatic rings. The SMILES string of the molecule is Cc1nc2sccn2c1C(=O)N/N=C/c1ccc(-c2ccc(Cl)c(Cl)c2)o1. The molecule has 3 heterocycles. The maximum atomic E-state index is 12.4. The van der Waals surface area contributed by atoms with Gasteiger partial charge in [-0.15, -0.1) is 11.3 Å². The number of halogens is 2. The predicted molar refractivity (Wildman–Crippen MR) is 107 cm³/mol. The van der Waals surface area contributed by atoms with E-state index in [1.165, 1.54) is 17.6 Å². The number of fused-ring (bicyclic) bond motifs is 1. The second kappa shape index (κ2) is 7.19. The van der Waals surface area contributed by atoms with Crippen LogP contribution in [-0.4, -0.2) is 21.5 Å². The molecule has 1 amide bonds. The van der Waals surface area contributed by atoms with Crippen molar-refractivity contribution in [3.8, 4) is 11.3 Å². The average Bonchev–Trinajstić information content (AvgIpc) is 3.33. The van der Waals surface area contributed by atoms with Crippen molar-refractivity contribution in [2.45, 2.75) is 6.92 Å². The summed E-state index contributed by atoms with van der Waals surface area (Å²) in [4.78, 5) is 17.5. The Balaban J connectivity index is 1.48. The second-order valence-corrected chi connectivity index (χ2v) is 7.32. The first-order valence-electron chi connectivity index (χ1n) is 7.84. The van der Waals surface area contributed by atoms with E-state index in [9.17, 15) is 4.79 Å². The van der Waals surface area contributed by atoms with Crippen LogP contribution >= 0.6 is 34.5 Å². The summed E-state index contributed by atoms with van der Waals surface area (Å²) in [5.74, 6) is 0.765. The van der Waals surface area contributed by atoms with E-state index >= 15 is 0 Å². The normalized spacial score (nSPS) is 11.5. The molecule has 9 heteroatoms. The average molecular weight is 419 g/mol. The van der Waals surface area contributed by atoms with Gasteiger partial charge in [0.1, 0.15) is 17.2 Å². The van der Waals surface area contributed by atoms with Crippen LogP contribution in [0.5, 0.6) is 0 Å². The van der Waals surface area contributed by atoms with Crippen LogP contribution in [-0.2, 0) is 0 Å². The topological polar surface area (TPSA) is 71.9 Å². The number of thiazole rings is 1. The molecule has 0 aliphatic carbocycles. The number of benzene rings is 1. The zero-order chi connectivity index (χ0) is 19.0. The molecule has 136 valence electrons. The minimum atomic E-state index is -0.342. The van der Waals surface area contributed by atoms with Crippen molar-refractivity contribution in [2.24, 2.45) is 5.10 Å². The molecular weight excluding hydrogens is 407 g/mol. The Labute approximate surface area is 168 Å². The lowest BCUT2D eigenvalue weighted by Crippen LogP contribution is -2.20. The van der Waals surface area contributed by atoms with E-state index in [-0.39, 0.29) is 5.91 Å². The number of carbonyl (C=O) groups excluding carboxylic acids is 1. The fourth-order valence-corrected chi connectivity index (χ4v) is 3.66. The third-order valence-electron chi connectivity index (χ3n) is 3.84. The van der Waals surface area contributed by atoms with E-state index in [0.717, 1.165) is 10.5 Å². The molecule has 0 spiro atoms. The highest BCUT2D eigenvalue weighted by Crippen LogP contribution is 2.29. The molecular formula is C18H12Cl2N4O2S. The lowest BCUT2D eigenvalue weighted by Gasteiger charge is -2.00. The third-order valence-corrected chi connectivity index (χ3v) is 5.34. The molecule has 0 atom stereocenters. The number of nitrogens with zero attached hydrogens (tertiary/aromatic N) is 3. The number of aryl methyl sites for hydroxylation is 1. The van der Waals surface area contributed by atoms with Gasteiger partial charge in [0.15, 0.2) is 4.96 Å². The first-order valence-corrected chi connectivity index (χ1v) is 9.47. The van der Waals surface area contributed by atoms with Gasteiger partial charge in [-0.05, 0) is 37.3 Å². The van der Waals surface area contributed by atoms with E-state index in [1.807, 2.05) is 11.4 Å². The van der Waals surface area contributed by atoms with Gasteiger partial charge in [-0.1, -0.05) is 23.2 Å². The van der Waals surface area contributed by atoms with E-state index in [0.29, 0.717) is 33.0 Å². The molecule has 27 heavy (non-hydrogen) atoms. The van der Waals surface area contributed by atoms with Gasteiger partial charge < -0.3 is 4.42 Å². The number of furan rings is 1. The molecule has 0 unspecified atom stereocenters. The molecule has 0 fully saturated rings. The van der Waals surface area contributed by atoms with Crippen molar-refractivity contribution in [3.05, 3.63) is 69.1 Å². The number of rotatable bonds is 4. The minimum absolute atomic E-state index is 0.342. The van der Waals surface area contributed by atoms with Crippen molar-refractivity contribution < 1.29 is 9.21 Å². The van der Waals surface area contributed by atoms with Gasteiger partial charge >= 0.3 is 0 Å². The Morgan fingerprint density at radius 2 is 2.15 bits per heavy atom. The number of hydrogen-bond donors (Lipinski definition) is 1. The van der Waals surface area contributed by atoms with E-state index < -0.39 is 0 Å². The van der Waals surface area contributed by atoms with Gasteiger partial charge in [0.2, 0.25) is 0 Å². The summed E-state index contributed by atoms with van der Waals surface area (Å²) in [5.41, 5.74) is 4.40. The van der Waals surface area contributed by atoms with Crippen LogP contribution in [0, 0.1) is 6.92 Å². The molecule has 4 aromatic rings. The van der Waals surface area contributed by atoms with E-state index in [4.69, 9.17) is 27.6 Å². The van der Waals surface area contributed by atoms with Crippen LogP contribution in [0.4, 0.5) is 0 Å². The van der Waals surface area contributed by atoms with Gasteiger partial charge in [-0.2, -0.15) is 5.10 Å². The number of hydrazone groups is 1. The first kappa shape index (κ1) is 17.8. The van der Waals surface area contributed by atoms with E-state index in [2.05, 4.69) is 15.5 Å².